The number of anilines is 2. The molecule has 0 aromatic heterocycles. The molecule has 0 unspecified atom stereocenters. The number of hydrogen-bond acceptors (Lipinski definition) is 2. The van der Waals surface area contributed by atoms with Crippen LogP contribution in [0.25, 0.3) is 0 Å². The Bertz CT molecular complexity index is 713. The molecule has 0 atom stereocenters. The third kappa shape index (κ3) is 4.18. The van der Waals surface area contributed by atoms with E-state index in [9.17, 15) is 0 Å². The van der Waals surface area contributed by atoms with E-state index in [-0.39, 0.29) is 0 Å². The summed E-state index contributed by atoms with van der Waals surface area (Å²) in [7, 11) is 0. The molecule has 0 radical (unpaired) electrons. The SMILES string of the molecule is CCc1cc(Cc2cc(C(C)C)c(N)c(C(C)C)c2)c(CC)cc1N. The van der Waals surface area contributed by atoms with Gasteiger partial charge in [0.1, 0.15) is 0 Å². The summed E-state index contributed by atoms with van der Waals surface area (Å²) in [5, 5.41) is 0. The maximum absolute atomic E-state index is 6.45. The zero-order valence-electron chi connectivity index (χ0n) is 16.7. The highest BCUT2D eigenvalue weighted by Gasteiger charge is 2.15. The predicted molar refractivity (Wildman–Crippen MR) is 111 cm³/mol. The highest BCUT2D eigenvalue weighted by Crippen LogP contribution is 2.33. The highest BCUT2D eigenvalue weighted by atomic mass is 14.6. The van der Waals surface area contributed by atoms with Crippen LogP contribution in [-0.4, -0.2) is 0 Å². The first-order valence-electron chi connectivity index (χ1n) is 9.60. The Balaban J connectivity index is 2.53. The van der Waals surface area contributed by atoms with Crippen LogP contribution in [0.5, 0.6) is 0 Å². The first kappa shape index (κ1) is 19.4. The first-order chi connectivity index (χ1) is 11.8. The lowest BCUT2D eigenvalue weighted by molar-refractivity contribution is 0.834. The van der Waals surface area contributed by atoms with Crippen molar-refractivity contribution in [2.24, 2.45) is 0 Å². The van der Waals surface area contributed by atoms with Gasteiger partial charge >= 0.3 is 0 Å². The molecule has 0 aliphatic rings. The van der Waals surface area contributed by atoms with Crippen LogP contribution < -0.4 is 11.5 Å². The highest BCUT2D eigenvalue weighted by molar-refractivity contribution is 5.59. The van der Waals surface area contributed by atoms with Gasteiger partial charge in [-0.3, -0.25) is 0 Å². The average molecular weight is 339 g/mol. The molecule has 0 aliphatic heterocycles. The van der Waals surface area contributed by atoms with Gasteiger partial charge in [-0.1, -0.05) is 59.7 Å². The second-order valence-electron chi connectivity index (χ2n) is 7.70. The maximum Gasteiger partial charge on any atom is 0.0384 e. The van der Waals surface area contributed by atoms with E-state index in [0.717, 1.165) is 30.6 Å². The van der Waals surface area contributed by atoms with Crippen LogP contribution >= 0.6 is 0 Å². The summed E-state index contributed by atoms with van der Waals surface area (Å²) in [6.45, 7) is 13.2. The van der Waals surface area contributed by atoms with Crippen molar-refractivity contribution in [1.82, 2.24) is 0 Å². The topological polar surface area (TPSA) is 52.0 Å². The molecule has 0 aliphatic carbocycles. The first-order valence-corrected chi connectivity index (χ1v) is 9.60. The Hall–Kier alpha value is -1.96. The van der Waals surface area contributed by atoms with Crippen molar-refractivity contribution in [3.8, 4) is 0 Å². The Labute approximate surface area is 153 Å². The van der Waals surface area contributed by atoms with Crippen molar-refractivity contribution >= 4 is 11.4 Å². The molecule has 2 aromatic rings. The molecule has 0 spiro atoms. The van der Waals surface area contributed by atoms with Gasteiger partial charge in [0.15, 0.2) is 0 Å². The van der Waals surface area contributed by atoms with Crippen LogP contribution in [-0.2, 0) is 19.3 Å². The van der Waals surface area contributed by atoms with Crippen molar-refractivity contribution in [3.05, 3.63) is 57.6 Å². The molecule has 0 amide bonds. The second kappa shape index (κ2) is 7.95. The van der Waals surface area contributed by atoms with E-state index in [1.54, 1.807) is 0 Å². The fourth-order valence-corrected chi connectivity index (χ4v) is 3.60. The molecule has 2 rings (SSSR count). The van der Waals surface area contributed by atoms with E-state index < -0.39 is 0 Å². The molecular weight excluding hydrogens is 304 g/mol. The quantitative estimate of drug-likeness (QED) is 0.653. The van der Waals surface area contributed by atoms with Gasteiger partial charge in [0.2, 0.25) is 0 Å². The Morgan fingerprint density at radius 2 is 1.24 bits per heavy atom. The number of nitrogens with two attached hydrogens (primary N) is 2. The summed E-state index contributed by atoms with van der Waals surface area (Å²) >= 11 is 0. The third-order valence-corrected chi connectivity index (χ3v) is 5.17. The van der Waals surface area contributed by atoms with Gasteiger partial charge in [-0.05, 0) is 70.5 Å². The lowest BCUT2D eigenvalue weighted by Gasteiger charge is -2.20. The normalized spacial score (nSPS) is 11.5. The van der Waals surface area contributed by atoms with Gasteiger partial charge in [-0.2, -0.15) is 0 Å². The van der Waals surface area contributed by atoms with Gasteiger partial charge in [0, 0.05) is 11.4 Å². The van der Waals surface area contributed by atoms with Gasteiger partial charge < -0.3 is 11.5 Å². The van der Waals surface area contributed by atoms with Gasteiger partial charge in [-0.15, -0.1) is 0 Å². The van der Waals surface area contributed by atoms with Crippen LogP contribution in [0.2, 0.25) is 0 Å². The van der Waals surface area contributed by atoms with Crippen LogP contribution in [0.15, 0.2) is 24.3 Å². The fourth-order valence-electron chi connectivity index (χ4n) is 3.60. The lowest BCUT2D eigenvalue weighted by atomic mass is 9.87. The van der Waals surface area contributed by atoms with Gasteiger partial charge in [0.25, 0.3) is 0 Å². The number of aryl methyl sites for hydroxylation is 2. The molecule has 136 valence electrons. The largest absolute Gasteiger partial charge is 0.398 e. The zero-order valence-corrected chi connectivity index (χ0v) is 16.7. The molecule has 0 fully saturated rings. The molecular formula is C23H34N2. The Kier molecular flexibility index (Phi) is 6.16. The minimum Gasteiger partial charge on any atom is -0.398 e. The van der Waals surface area contributed by atoms with Crippen molar-refractivity contribution in [2.45, 2.75) is 72.6 Å². The fraction of sp³-hybridized carbons (Fsp3) is 0.478. The van der Waals surface area contributed by atoms with Crippen LogP contribution in [0.3, 0.4) is 0 Å². The molecule has 0 heterocycles. The van der Waals surface area contributed by atoms with Gasteiger partial charge in [0.05, 0.1) is 0 Å². The minimum absolute atomic E-state index is 0.431. The molecule has 0 bridgehead atoms. The smallest absolute Gasteiger partial charge is 0.0384 e. The maximum atomic E-state index is 6.45. The van der Waals surface area contributed by atoms with E-state index in [2.05, 4.69) is 65.8 Å². The van der Waals surface area contributed by atoms with Gasteiger partial charge in [-0.25, -0.2) is 0 Å². The standard InChI is InChI=1S/C23H34N2/c1-7-17-13-22(24)18(8-2)12-19(17)9-16-10-20(14(3)4)23(25)21(11-16)15(5)6/h10-15H,7-9,24-25H2,1-6H3. The molecule has 2 nitrogen and oxygen atoms in total. The predicted octanol–water partition coefficient (Wildman–Crippen LogP) is 5.81. The Morgan fingerprint density at radius 1 is 0.720 bits per heavy atom. The molecule has 4 N–H and O–H groups in total. The number of benzene rings is 2. The van der Waals surface area contributed by atoms with E-state index in [0.29, 0.717) is 11.8 Å². The van der Waals surface area contributed by atoms with Crippen molar-refractivity contribution in [3.63, 3.8) is 0 Å². The summed E-state index contributed by atoms with van der Waals surface area (Å²) < 4.78 is 0. The summed E-state index contributed by atoms with van der Waals surface area (Å²) in [5.41, 5.74) is 22.4. The summed E-state index contributed by atoms with van der Waals surface area (Å²) in [6, 6.07) is 9.06. The van der Waals surface area contributed by atoms with E-state index in [4.69, 9.17) is 11.5 Å². The van der Waals surface area contributed by atoms with Crippen molar-refractivity contribution < 1.29 is 0 Å². The monoisotopic (exact) mass is 338 g/mol. The van der Waals surface area contributed by atoms with Crippen LogP contribution in [0.1, 0.15) is 86.8 Å². The minimum atomic E-state index is 0.431. The number of nitrogen functional groups attached to an aromatic ring is 2. The summed E-state index contributed by atoms with van der Waals surface area (Å²) in [5.74, 6) is 0.862. The van der Waals surface area contributed by atoms with Crippen LogP contribution in [0.4, 0.5) is 11.4 Å². The number of rotatable bonds is 6. The molecule has 0 saturated carbocycles. The molecule has 25 heavy (non-hydrogen) atoms. The molecule has 2 heteroatoms. The molecule has 0 saturated heterocycles. The molecule has 2 aromatic carbocycles. The third-order valence-electron chi connectivity index (χ3n) is 5.17. The Morgan fingerprint density at radius 3 is 1.68 bits per heavy atom. The summed E-state index contributed by atoms with van der Waals surface area (Å²) in [6.07, 6.45) is 2.92. The van der Waals surface area contributed by atoms with E-state index >= 15 is 0 Å². The van der Waals surface area contributed by atoms with Crippen molar-refractivity contribution in [1.29, 1.82) is 0 Å². The lowest BCUT2D eigenvalue weighted by Crippen LogP contribution is -2.06. The number of hydrogen-bond donors (Lipinski definition) is 2. The zero-order chi connectivity index (χ0) is 18.7. The average Bonchev–Trinajstić information content (AvgIpc) is 2.56. The van der Waals surface area contributed by atoms with E-state index in [1.165, 1.54) is 33.4 Å². The van der Waals surface area contributed by atoms with Crippen LogP contribution in [0, 0.1) is 0 Å². The summed E-state index contributed by atoms with van der Waals surface area (Å²) in [4.78, 5) is 0. The second-order valence-corrected chi connectivity index (χ2v) is 7.70. The van der Waals surface area contributed by atoms with Crippen molar-refractivity contribution in [2.75, 3.05) is 11.5 Å². The van der Waals surface area contributed by atoms with E-state index in [1.807, 2.05) is 0 Å².